The van der Waals surface area contributed by atoms with Crippen LogP contribution in [0, 0.1) is 6.92 Å². The molecular weight excluding hydrogens is 620 g/mol. The number of nitrogens with one attached hydrogen (secondary N) is 1. The van der Waals surface area contributed by atoms with E-state index in [4.69, 9.17) is 20.4 Å². The Kier molecular flexibility index (Phi) is 13.6. The number of hydrogen-bond donors (Lipinski definition) is 5. The van der Waals surface area contributed by atoms with E-state index < -0.39 is 33.9 Å². The first kappa shape index (κ1) is 36.1. The van der Waals surface area contributed by atoms with Crippen LogP contribution in [-0.4, -0.2) is 79.5 Å². The lowest BCUT2D eigenvalue weighted by Gasteiger charge is -2.10. The average Bonchev–Trinajstić information content (AvgIpc) is 3.47. The molecule has 0 saturated heterocycles. The van der Waals surface area contributed by atoms with Gasteiger partial charge in [-0.15, -0.1) is 0 Å². The number of hydrogen-bond acceptors (Lipinski definition) is 9. The van der Waals surface area contributed by atoms with Crippen molar-refractivity contribution in [2.75, 3.05) is 18.1 Å². The molecule has 0 aliphatic rings. The van der Waals surface area contributed by atoms with Crippen LogP contribution in [0.4, 0.5) is 5.69 Å². The Morgan fingerprint density at radius 2 is 1.46 bits per heavy atom. The third kappa shape index (κ3) is 11.5. The Morgan fingerprint density at radius 3 is 1.96 bits per heavy atom. The number of carbonyl (C=O) groups is 4. The zero-order valence-electron chi connectivity index (χ0n) is 24.5. The van der Waals surface area contributed by atoms with Crippen LogP contribution in [0.15, 0.2) is 97.7 Å². The molecular formula is C31H30N4O10S. The Morgan fingerprint density at radius 1 is 0.848 bits per heavy atom. The molecule has 0 spiro atoms. The first-order chi connectivity index (χ1) is 21.7. The minimum Gasteiger partial charge on any atom is -0.478 e. The summed E-state index contributed by atoms with van der Waals surface area (Å²) < 4.78 is 27.1. The minimum atomic E-state index is -3.57. The standard InChI is InChI=1S/C19H20N4O2S.C8H6O4.C4H4O4/c1-15-7-9-22-13-18(15)19-11-17(20-2)14-23(19)26(24,25)10-4-6-16-5-3-8-21-12-16;9-7(10)5-2-1-3-6(4-5)8(11)12;5-3(6)1-2-4(7)8/h3-9,11-14,20H,10H2,1-2H3;1-4H,(H,9,10)(H,11,12);1-2H,(H,5,6)(H,7,8)/b;;2-1+. The number of aryl methyl sites for hydroxylation is 1. The summed E-state index contributed by atoms with van der Waals surface area (Å²) in [5.74, 6) is -4.89. The summed E-state index contributed by atoms with van der Waals surface area (Å²) in [4.78, 5) is 48.0. The van der Waals surface area contributed by atoms with Crippen molar-refractivity contribution in [2.45, 2.75) is 6.92 Å². The maximum Gasteiger partial charge on any atom is 0.335 e. The number of carboxylic acid groups (broad SMARTS) is 4. The van der Waals surface area contributed by atoms with Gasteiger partial charge in [0.05, 0.1) is 28.3 Å². The number of nitrogens with zero attached hydrogens (tertiary/aromatic N) is 3. The highest BCUT2D eigenvalue weighted by molar-refractivity contribution is 7.90. The maximum absolute atomic E-state index is 12.9. The maximum atomic E-state index is 12.9. The van der Waals surface area contributed by atoms with Gasteiger partial charge >= 0.3 is 23.9 Å². The van der Waals surface area contributed by atoms with Crippen LogP contribution < -0.4 is 5.32 Å². The number of aromatic carboxylic acids is 2. The van der Waals surface area contributed by atoms with Crippen LogP contribution in [0.25, 0.3) is 17.3 Å². The van der Waals surface area contributed by atoms with Crippen LogP contribution in [0.2, 0.25) is 0 Å². The van der Waals surface area contributed by atoms with Crippen molar-refractivity contribution >= 4 is 45.7 Å². The Balaban J connectivity index is 0.000000303. The van der Waals surface area contributed by atoms with E-state index in [1.54, 1.807) is 50.2 Å². The predicted octanol–water partition coefficient (Wildman–Crippen LogP) is 3.98. The third-order valence-electron chi connectivity index (χ3n) is 5.72. The second kappa shape index (κ2) is 17.3. The van der Waals surface area contributed by atoms with Gasteiger partial charge in [-0.25, -0.2) is 31.6 Å². The lowest BCUT2D eigenvalue weighted by atomic mass is 10.1. The van der Waals surface area contributed by atoms with Crippen molar-refractivity contribution in [2.24, 2.45) is 0 Å². The number of anilines is 1. The van der Waals surface area contributed by atoms with E-state index >= 15 is 0 Å². The smallest absolute Gasteiger partial charge is 0.335 e. The summed E-state index contributed by atoms with van der Waals surface area (Å²) in [5, 5.41) is 35.6. The number of benzene rings is 1. The fourth-order valence-electron chi connectivity index (χ4n) is 3.53. The van der Waals surface area contributed by atoms with Gasteiger partial charge in [0.1, 0.15) is 0 Å². The zero-order chi connectivity index (χ0) is 34.3. The Labute approximate surface area is 263 Å². The second-order valence-corrected chi connectivity index (χ2v) is 10.9. The van der Waals surface area contributed by atoms with Gasteiger partial charge in [0.2, 0.25) is 10.0 Å². The summed E-state index contributed by atoms with van der Waals surface area (Å²) in [6.07, 6.45) is 12.8. The second-order valence-electron chi connectivity index (χ2n) is 9.02. The molecule has 0 radical (unpaired) electrons. The fourth-order valence-corrected chi connectivity index (χ4v) is 4.75. The van der Waals surface area contributed by atoms with Gasteiger partial charge in [-0.1, -0.05) is 24.3 Å². The molecule has 0 amide bonds. The first-order valence-corrected chi connectivity index (χ1v) is 14.7. The van der Waals surface area contributed by atoms with Crippen molar-refractivity contribution in [3.05, 3.63) is 120 Å². The van der Waals surface area contributed by atoms with E-state index in [0.717, 1.165) is 28.4 Å². The molecule has 0 fully saturated rings. The number of pyridine rings is 2. The molecule has 0 atom stereocenters. The average molecular weight is 651 g/mol. The monoisotopic (exact) mass is 650 g/mol. The van der Waals surface area contributed by atoms with Crippen molar-refractivity contribution in [1.29, 1.82) is 0 Å². The highest BCUT2D eigenvalue weighted by Crippen LogP contribution is 2.28. The van der Waals surface area contributed by atoms with Crippen molar-refractivity contribution < 1.29 is 48.0 Å². The summed E-state index contributed by atoms with van der Waals surface area (Å²) in [5.41, 5.74) is 3.88. The van der Waals surface area contributed by atoms with Crippen LogP contribution in [0.1, 0.15) is 31.8 Å². The Hall–Kier alpha value is -6.09. The van der Waals surface area contributed by atoms with Crippen molar-refractivity contribution in [1.82, 2.24) is 13.9 Å². The van der Waals surface area contributed by atoms with Crippen LogP contribution in [-0.2, 0) is 19.6 Å². The van der Waals surface area contributed by atoms with Gasteiger partial charge in [-0.2, -0.15) is 0 Å². The molecule has 5 N–H and O–H groups in total. The molecule has 14 nitrogen and oxygen atoms in total. The molecule has 0 unspecified atom stereocenters. The molecule has 15 heteroatoms. The van der Waals surface area contributed by atoms with Gasteiger partial charge in [-0.3, -0.25) is 9.97 Å². The molecule has 0 aliphatic carbocycles. The molecule has 1 aromatic carbocycles. The van der Waals surface area contributed by atoms with Crippen LogP contribution in [0.3, 0.4) is 0 Å². The lowest BCUT2D eigenvalue weighted by molar-refractivity contribution is -0.134. The number of rotatable bonds is 10. The molecule has 0 saturated carbocycles. The summed E-state index contributed by atoms with van der Waals surface area (Å²) in [7, 11) is -1.82. The van der Waals surface area contributed by atoms with E-state index in [2.05, 4.69) is 15.3 Å². The molecule has 3 heterocycles. The van der Waals surface area contributed by atoms with Gasteiger partial charge in [0.15, 0.2) is 0 Å². The largest absolute Gasteiger partial charge is 0.478 e. The Bertz CT molecular complexity index is 1800. The zero-order valence-corrected chi connectivity index (χ0v) is 25.3. The number of aromatic nitrogens is 3. The topological polar surface area (TPSA) is 226 Å². The van der Waals surface area contributed by atoms with E-state index in [-0.39, 0.29) is 16.9 Å². The van der Waals surface area contributed by atoms with Gasteiger partial charge in [0, 0.05) is 55.7 Å². The fraction of sp³-hybridized carbons (Fsp3) is 0.0968. The summed E-state index contributed by atoms with van der Waals surface area (Å²) in [6, 6.07) is 12.5. The number of carboxylic acids is 4. The minimum absolute atomic E-state index is 0.0186. The molecule has 0 aliphatic heterocycles. The van der Waals surface area contributed by atoms with E-state index in [1.165, 1.54) is 22.2 Å². The van der Waals surface area contributed by atoms with Crippen LogP contribution in [0.5, 0.6) is 0 Å². The molecule has 3 aromatic heterocycles. The molecule has 4 rings (SSSR count). The van der Waals surface area contributed by atoms with E-state index in [1.807, 2.05) is 31.2 Å². The molecule has 0 bridgehead atoms. The number of aliphatic carboxylic acids is 2. The van der Waals surface area contributed by atoms with Gasteiger partial charge in [0.25, 0.3) is 0 Å². The van der Waals surface area contributed by atoms with Crippen molar-refractivity contribution in [3.8, 4) is 11.3 Å². The molecule has 4 aromatic rings. The SMILES string of the molecule is CNc1cc(-c2cnccc2C)n(S(=O)(=O)CC=Cc2cccnc2)c1.O=C(O)/C=C/C(=O)O.O=C(O)c1cccc(C(=O)O)c1. The molecule has 240 valence electrons. The predicted molar refractivity (Wildman–Crippen MR) is 169 cm³/mol. The summed E-state index contributed by atoms with van der Waals surface area (Å²) in [6.45, 7) is 1.93. The lowest BCUT2D eigenvalue weighted by Crippen LogP contribution is -2.15. The highest BCUT2D eigenvalue weighted by atomic mass is 32.2. The third-order valence-corrected chi connectivity index (χ3v) is 7.23. The van der Waals surface area contributed by atoms with Gasteiger partial charge in [-0.05, 0) is 54.4 Å². The first-order valence-electron chi connectivity index (χ1n) is 13.1. The normalized spacial score (nSPS) is 10.7. The van der Waals surface area contributed by atoms with Crippen molar-refractivity contribution in [3.63, 3.8) is 0 Å². The highest BCUT2D eigenvalue weighted by Gasteiger charge is 2.19. The molecule has 46 heavy (non-hydrogen) atoms. The van der Waals surface area contributed by atoms with Gasteiger partial charge < -0.3 is 25.7 Å². The van der Waals surface area contributed by atoms with Crippen LogP contribution >= 0.6 is 0 Å². The summed E-state index contributed by atoms with van der Waals surface area (Å²) >= 11 is 0. The van der Waals surface area contributed by atoms with E-state index in [0.29, 0.717) is 17.8 Å². The van der Waals surface area contributed by atoms with E-state index in [9.17, 15) is 27.6 Å². The quantitative estimate of drug-likeness (QED) is 0.153.